The van der Waals surface area contributed by atoms with Crippen molar-refractivity contribution in [1.29, 1.82) is 0 Å². The molecule has 1 unspecified atom stereocenters. The summed E-state index contributed by atoms with van der Waals surface area (Å²) in [5, 5.41) is 0. The third-order valence-electron chi connectivity index (χ3n) is 1.82. The Hall–Kier alpha value is 0.190. The molecule has 0 spiro atoms. The zero-order valence-electron chi connectivity index (χ0n) is 4.83. The molecule has 0 aliphatic carbocycles. The van der Waals surface area contributed by atoms with E-state index in [0.29, 0.717) is 12.2 Å². The summed E-state index contributed by atoms with van der Waals surface area (Å²) in [6.45, 7) is 1.88. The van der Waals surface area contributed by atoms with E-state index in [1.54, 1.807) is 0 Å². The molecule has 0 amide bonds. The highest BCUT2D eigenvalue weighted by Gasteiger charge is 2.51. The van der Waals surface area contributed by atoms with Gasteiger partial charge in [0.25, 0.3) is 0 Å². The summed E-state index contributed by atoms with van der Waals surface area (Å²) >= 11 is 0. The van der Waals surface area contributed by atoms with Crippen LogP contribution in [0.25, 0.3) is 0 Å². The van der Waals surface area contributed by atoms with Crippen LogP contribution in [0.5, 0.6) is 0 Å². The summed E-state index contributed by atoms with van der Waals surface area (Å²) in [6, 6.07) is 0. The second-order valence-electron chi connectivity index (χ2n) is 2.87. The fourth-order valence-corrected chi connectivity index (χ4v) is 3.65. The molecule has 8 heavy (non-hydrogen) atoms. The van der Waals surface area contributed by atoms with Crippen LogP contribution in [0, 0.1) is 0 Å². The van der Waals surface area contributed by atoms with Crippen molar-refractivity contribution < 1.29 is 9.30 Å². The summed E-state index contributed by atoms with van der Waals surface area (Å²) in [5.74, 6) is 0. The van der Waals surface area contributed by atoms with Crippen LogP contribution >= 0.6 is 7.14 Å². The minimum absolute atomic E-state index is 0.394. The number of hydrogen-bond acceptors (Lipinski definition) is 2. The van der Waals surface area contributed by atoms with Crippen LogP contribution in [0.2, 0.25) is 0 Å². The Balaban J connectivity index is 2.18. The average Bonchev–Trinajstić information content (AvgIpc) is 2.11. The van der Waals surface area contributed by atoms with E-state index in [9.17, 15) is 4.57 Å². The summed E-state index contributed by atoms with van der Waals surface area (Å²) in [7, 11) is -1.67. The van der Waals surface area contributed by atoms with Gasteiger partial charge in [-0.3, -0.25) is 0 Å². The summed E-state index contributed by atoms with van der Waals surface area (Å²) < 4.78 is 16.3. The molecule has 3 atom stereocenters. The van der Waals surface area contributed by atoms with Crippen LogP contribution in [0.4, 0.5) is 0 Å². The van der Waals surface area contributed by atoms with Crippen molar-refractivity contribution in [3.05, 3.63) is 0 Å². The molecule has 0 N–H and O–H groups in total. The van der Waals surface area contributed by atoms with Crippen LogP contribution < -0.4 is 0 Å². The quantitative estimate of drug-likeness (QED) is 0.359. The van der Waals surface area contributed by atoms with E-state index < -0.39 is 7.14 Å². The molecule has 2 aliphatic rings. The van der Waals surface area contributed by atoms with Crippen molar-refractivity contribution in [2.24, 2.45) is 0 Å². The maximum absolute atomic E-state index is 11.2. The lowest BCUT2D eigenvalue weighted by atomic mass is 10.4. The molecule has 2 nitrogen and oxygen atoms in total. The van der Waals surface area contributed by atoms with Gasteiger partial charge in [-0.1, -0.05) is 0 Å². The third-order valence-corrected chi connectivity index (χ3v) is 4.08. The van der Waals surface area contributed by atoms with E-state index in [-0.39, 0.29) is 0 Å². The zero-order chi connectivity index (χ0) is 5.78. The number of ether oxygens (including phenoxy) is 1. The summed E-state index contributed by atoms with van der Waals surface area (Å²) in [4.78, 5) is 0. The average molecular weight is 132 g/mol. The van der Waals surface area contributed by atoms with Gasteiger partial charge in [-0.15, -0.1) is 0 Å². The second kappa shape index (κ2) is 1.19. The maximum atomic E-state index is 11.2. The van der Waals surface area contributed by atoms with Gasteiger partial charge < -0.3 is 9.30 Å². The van der Waals surface area contributed by atoms with Crippen LogP contribution in [0.3, 0.4) is 0 Å². The highest BCUT2D eigenvalue weighted by Crippen LogP contribution is 2.56. The molecule has 0 aromatic heterocycles. The van der Waals surface area contributed by atoms with Gasteiger partial charge >= 0.3 is 0 Å². The molecular formula is C5H9O2P. The highest BCUT2D eigenvalue weighted by atomic mass is 31.2. The van der Waals surface area contributed by atoms with Crippen molar-refractivity contribution in [3.63, 3.8) is 0 Å². The molecule has 2 rings (SSSR count). The van der Waals surface area contributed by atoms with Gasteiger partial charge in [0.15, 0.2) is 0 Å². The van der Waals surface area contributed by atoms with Crippen LogP contribution in [-0.2, 0) is 9.30 Å². The lowest BCUT2D eigenvalue weighted by Crippen LogP contribution is -1.89. The largest absolute Gasteiger partial charge is 0.369 e. The van der Waals surface area contributed by atoms with E-state index in [1.807, 2.05) is 6.66 Å². The zero-order valence-corrected chi connectivity index (χ0v) is 5.73. The van der Waals surface area contributed by atoms with Crippen molar-refractivity contribution in [2.75, 3.05) is 19.0 Å². The van der Waals surface area contributed by atoms with Crippen LogP contribution in [0.1, 0.15) is 0 Å². The molecule has 3 heteroatoms. The van der Waals surface area contributed by atoms with Crippen molar-refractivity contribution in [2.45, 2.75) is 12.2 Å². The first kappa shape index (κ1) is 5.01. The van der Waals surface area contributed by atoms with E-state index in [1.165, 1.54) is 0 Å². The lowest BCUT2D eigenvalue weighted by Gasteiger charge is -2.02. The topological polar surface area (TPSA) is 29.6 Å². The van der Waals surface area contributed by atoms with Gasteiger partial charge in [-0.25, -0.2) is 0 Å². The van der Waals surface area contributed by atoms with Gasteiger partial charge in [-0.05, 0) is 6.66 Å². The molecule has 2 aliphatic heterocycles. The molecule has 0 saturated carbocycles. The van der Waals surface area contributed by atoms with Crippen LogP contribution in [0.15, 0.2) is 0 Å². The molecular weight excluding hydrogens is 123 g/mol. The Bertz CT molecular complexity index is 152. The molecule has 0 aromatic carbocycles. The van der Waals surface area contributed by atoms with E-state index in [0.717, 1.165) is 12.3 Å². The smallest absolute Gasteiger partial charge is 0.0914 e. The van der Waals surface area contributed by atoms with Gasteiger partial charge in [0.2, 0.25) is 0 Å². The Morgan fingerprint density at radius 3 is 2.25 bits per heavy atom. The standard InChI is InChI=1S/C5H9O2P/c1-8(6)2-4-5(3-8)7-4/h4-5H,2-3H2,1H3/t4-,5+,8?. The molecule has 2 heterocycles. The Morgan fingerprint density at radius 1 is 1.50 bits per heavy atom. The monoisotopic (exact) mass is 132 g/mol. The van der Waals surface area contributed by atoms with Gasteiger partial charge in [0, 0.05) is 12.3 Å². The second-order valence-corrected chi connectivity index (χ2v) is 6.20. The van der Waals surface area contributed by atoms with Crippen molar-refractivity contribution >= 4 is 7.14 Å². The molecule has 0 aromatic rings. The molecule has 46 valence electrons. The predicted molar refractivity (Wildman–Crippen MR) is 31.9 cm³/mol. The number of rotatable bonds is 0. The minimum atomic E-state index is -1.67. The first-order valence-corrected chi connectivity index (χ1v) is 5.41. The van der Waals surface area contributed by atoms with Crippen molar-refractivity contribution in [3.8, 4) is 0 Å². The normalized spacial score (nSPS) is 60.6. The van der Waals surface area contributed by atoms with Crippen LogP contribution in [-0.4, -0.2) is 31.2 Å². The Morgan fingerprint density at radius 2 is 2.00 bits per heavy atom. The predicted octanol–water partition coefficient (Wildman–Crippen LogP) is 0.760. The number of hydrogen-bond donors (Lipinski definition) is 0. The fraction of sp³-hybridized carbons (Fsp3) is 1.00. The summed E-state index contributed by atoms with van der Waals surface area (Å²) in [5.41, 5.74) is 0. The minimum Gasteiger partial charge on any atom is -0.369 e. The van der Waals surface area contributed by atoms with Gasteiger partial charge in [0.1, 0.15) is 0 Å². The van der Waals surface area contributed by atoms with Gasteiger partial charge in [0.05, 0.1) is 19.3 Å². The van der Waals surface area contributed by atoms with E-state index in [2.05, 4.69) is 0 Å². The fourth-order valence-electron chi connectivity index (χ4n) is 1.34. The molecule has 0 radical (unpaired) electrons. The number of epoxide rings is 1. The Kier molecular flexibility index (Phi) is 0.748. The molecule has 2 saturated heterocycles. The Labute approximate surface area is 48.6 Å². The van der Waals surface area contributed by atoms with E-state index in [4.69, 9.17) is 4.74 Å². The maximum Gasteiger partial charge on any atom is 0.0914 e. The first-order chi connectivity index (χ1) is 3.67. The first-order valence-electron chi connectivity index (χ1n) is 2.88. The van der Waals surface area contributed by atoms with Gasteiger partial charge in [-0.2, -0.15) is 0 Å². The lowest BCUT2D eigenvalue weighted by molar-refractivity contribution is 0.380. The molecule has 2 fully saturated rings. The summed E-state index contributed by atoms with van der Waals surface area (Å²) in [6.07, 6.45) is 2.48. The third kappa shape index (κ3) is 0.636. The SMILES string of the molecule is CP1(=O)C[C@@H]2O[C@@H]2C1. The highest BCUT2D eigenvalue weighted by molar-refractivity contribution is 7.63. The number of fused-ring (bicyclic) bond motifs is 1. The van der Waals surface area contributed by atoms with E-state index >= 15 is 0 Å². The van der Waals surface area contributed by atoms with Crippen molar-refractivity contribution in [1.82, 2.24) is 0 Å². The molecule has 0 bridgehead atoms.